The van der Waals surface area contributed by atoms with Gasteiger partial charge >= 0.3 is 0 Å². The maximum absolute atomic E-state index is 12.2. The number of benzene rings is 2. The second kappa shape index (κ2) is 9.70. The van der Waals surface area contributed by atoms with Gasteiger partial charge in [0.05, 0.1) is 16.2 Å². The fourth-order valence-corrected chi connectivity index (χ4v) is 3.80. The second-order valence-electron chi connectivity index (χ2n) is 6.07. The van der Waals surface area contributed by atoms with Crippen molar-refractivity contribution >= 4 is 15.7 Å². The van der Waals surface area contributed by atoms with E-state index in [1.165, 1.54) is 0 Å². The van der Waals surface area contributed by atoms with Crippen molar-refractivity contribution in [2.75, 3.05) is 12.4 Å². The van der Waals surface area contributed by atoms with Crippen LogP contribution in [-0.4, -0.2) is 31.6 Å². The average molecular weight is 411 g/mol. The van der Waals surface area contributed by atoms with Gasteiger partial charge in [0.15, 0.2) is 15.7 Å². The van der Waals surface area contributed by atoms with Gasteiger partial charge in [0, 0.05) is 6.20 Å². The summed E-state index contributed by atoms with van der Waals surface area (Å²) in [7, 11) is -3.34. The Morgan fingerprint density at radius 1 is 0.966 bits per heavy atom. The van der Waals surface area contributed by atoms with E-state index in [0.717, 1.165) is 0 Å². The van der Waals surface area contributed by atoms with E-state index in [1.54, 1.807) is 60.8 Å². The third-order valence-electron chi connectivity index (χ3n) is 3.92. The smallest absolute Gasteiger partial charge is 0.230 e. The minimum Gasteiger partial charge on any atom is -0.438 e. The number of ether oxygens (including phenoxy) is 1. The van der Waals surface area contributed by atoms with Crippen LogP contribution in [0.1, 0.15) is 12.0 Å². The normalized spacial score (nSPS) is 11.8. The highest BCUT2D eigenvalue weighted by atomic mass is 32.2. The molecule has 1 heterocycles. The highest BCUT2D eigenvalue weighted by Crippen LogP contribution is 2.22. The lowest BCUT2D eigenvalue weighted by Crippen LogP contribution is -2.16. The molecule has 0 bridgehead atoms. The Hall–Kier alpha value is -3.39. The molecule has 2 N–H and O–H groups in total. The Morgan fingerprint density at radius 3 is 2.38 bits per heavy atom. The summed E-state index contributed by atoms with van der Waals surface area (Å²) in [5, 5.41) is 3.87. The number of oxime groups is 1. The van der Waals surface area contributed by atoms with Crippen LogP contribution in [0.2, 0.25) is 0 Å². The molecular weight excluding hydrogens is 390 g/mol. The maximum Gasteiger partial charge on any atom is 0.230 e. The topological polar surface area (TPSA) is 104 Å². The van der Waals surface area contributed by atoms with Gasteiger partial charge in [0.25, 0.3) is 0 Å². The van der Waals surface area contributed by atoms with Crippen LogP contribution < -0.4 is 10.5 Å². The summed E-state index contributed by atoms with van der Waals surface area (Å²) in [6.07, 6.45) is 1.87. The van der Waals surface area contributed by atoms with Crippen molar-refractivity contribution in [1.82, 2.24) is 4.98 Å². The molecule has 0 aliphatic heterocycles. The summed E-state index contributed by atoms with van der Waals surface area (Å²) in [6, 6.07) is 20.9. The zero-order valence-electron chi connectivity index (χ0n) is 15.6. The van der Waals surface area contributed by atoms with E-state index in [1.807, 2.05) is 18.2 Å². The van der Waals surface area contributed by atoms with Gasteiger partial charge in [-0.2, -0.15) is 0 Å². The summed E-state index contributed by atoms with van der Waals surface area (Å²) in [5.74, 6) is 0.972. The van der Waals surface area contributed by atoms with Crippen LogP contribution >= 0.6 is 0 Å². The molecule has 0 spiro atoms. The summed E-state index contributed by atoms with van der Waals surface area (Å²) >= 11 is 0. The number of rotatable bonds is 9. The summed E-state index contributed by atoms with van der Waals surface area (Å²) in [6.45, 7) is 0.113. The molecule has 0 aliphatic carbocycles. The first-order valence-corrected chi connectivity index (χ1v) is 10.6. The first-order chi connectivity index (χ1) is 14.1. The summed E-state index contributed by atoms with van der Waals surface area (Å²) < 4.78 is 30.2. The monoisotopic (exact) mass is 411 g/mol. The number of hydrogen-bond donors (Lipinski definition) is 1. The molecule has 0 saturated carbocycles. The van der Waals surface area contributed by atoms with Crippen LogP contribution in [0.25, 0.3) is 0 Å². The molecule has 0 saturated heterocycles. The molecule has 0 fully saturated rings. The number of hydrogen-bond acceptors (Lipinski definition) is 6. The van der Waals surface area contributed by atoms with E-state index in [2.05, 4.69) is 10.1 Å². The van der Waals surface area contributed by atoms with Gasteiger partial charge < -0.3 is 15.3 Å². The van der Waals surface area contributed by atoms with E-state index in [9.17, 15) is 8.42 Å². The Labute approximate surface area is 169 Å². The third-order valence-corrected chi connectivity index (χ3v) is 5.74. The molecule has 2 aromatic carbocycles. The molecule has 29 heavy (non-hydrogen) atoms. The highest BCUT2D eigenvalue weighted by Gasteiger charge is 2.14. The SMILES string of the molecule is N/C(=N/OCCCS(=O)(=O)c1ccccc1)c1cccnc1Oc1ccccc1. The standard InChI is InChI=1S/C21H21N3O4S/c22-20(19-13-7-14-23-21(19)28-17-9-3-1-4-10-17)24-27-15-8-16-29(25,26)18-11-5-2-6-12-18/h1-7,9-14H,8,15-16H2,(H2,22,24). The van der Waals surface area contributed by atoms with Crippen molar-refractivity contribution in [3.8, 4) is 11.6 Å². The van der Waals surface area contributed by atoms with Gasteiger partial charge in [0.1, 0.15) is 12.4 Å². The zero-order chi connectivity index (χ0) is 20.5. The van der Waals surface area contributed by atoms with E-state index in [0.29, 0.717) is 22.1 Å². The summed E-state index contributed by atoms with van der Waals surface area (Å²) in [4.78, 5) is 9.68. The van der Waals surface area contributed by atoms with E-state index < -0.39 is 9.84 Å². The van der Waals surface area contributed by atoms with Gasteiger partial charge in [-0.15, -0.1) is 0 Å². The highest BCUT2D eigenvalue weighted by molar-refractivity contribution is 7.91. The molecule has 1 aromatic heterocycles. The van der Waals surface area contributed by atoms with Crippen molar-refractivity contribution in [2.45, 2.75) is 11.3 Å². The van der Waals surface area contributed by atoms with Gasteiger partial charge in [-0.1, -0.05) is 41.6 Å². The van der Waals surface area contributed by atoms with Crippen molar-refractivity contribution < 1.29 is 18.0 Å². The number of aromatic nitrogens is 1. The largest absolute Gasteiger partial charge is 0.438 e. The predicted molar refractivity (Wildman–Crippen MR) is 111 cm³/mol. The lowest BCUT2D eigenvalue weighted by Gasteiger charge is -2.09. The van der Waals surface area contributed by atoms with Gasteiger partial charge in [0.2, 0.25) is 5.88 Å². The molecule has 8 heteroatoms. The molecule has 0 unspecified atom stereocenters. The van der Waals surface area contributed by atoms with Gasteiger partial charge in [-0.05, 0) is 42.8 Å². The second-order valence-corrected chi connectivity index (χ2v) is 8.18. The quantitative estimate of drug-likeness (QED) is 0.251. The molecule has 0 radical (unpaired) electrons. The Kier molecular flexibility index (Phi) is 6.80. The fourth-order valence-electron chi connectivity index (χ4n) is 2.49. The number of nitrogens with two attached hydrogens (primary N) is 1. The number of sulfone groups is 1. The lowest BCUT2D eigenvalue weighted by atomic mass is 10.2. The first kappa shape index (κ1) is 20.3. The molecule has 7 nitrogen and oxygen atoms in total. The van der Waals surface area contributed by atoms with Crippen LogP contribution in [0.15, 0.2) is 89.0 Å². The number of pyridine rings is 1. The van der Waals surface area contributed by atoms with Crippen LogP contribution in [0.3, 0.4) is 0 Å². The van der Waals surface area contributed by atoms with Crippen LogP contribution in [0.4, 0.5) is 0 Å². The van der Waals surface area contributed by atoms with Crippen LogP contribution in [0.5, 0.6) is 11.6 Å². The van der Waals surface area contributed by atoms with Crippen LogP contribution in [0, 0.1) is 0 Å². The third kappa shape index (κ3) is 5.79. The van der Waals surface area contributed by atoms with E-state index in [-0.39, 0.29) is 24.6 Å². The lowest BCUT2D eigenvalue weighted by molar-refractivity contribution is 0.145. The molecule has 0 amide bonds. The van der Waals surface area contributed by atoms with Crippen molar-refractivity contribution in [3.63, 3.8) is 0 Å². The minimum absolute atomic E-state index is 0.0400. The molecule has 3 aromatic rings. The minimum atomic E-state index is -3.34. The predicted octanol–water partition coefficient (Wildman–Crippen LogP) is 3.37. The molecule has 3 rings (SSSR count). The van der Waals surface area contributed by atoms with E-state index in [4.69, 9.17) is 15.3 Å². The summed E-state index contributed by atoms with van der Waals surface area (Å²) in [5.41, 5.74) is 6.48. The average Bonchev–Trinajstić information content (AvgIpc) is 2.75. The fraction of sp³-hybridized carbons (Fsp3) is 0.143. The Morgan fingerprint density at radius 2 is 1.66 bits per heavy atom. The Bertz CT molecular complexity index is 1060. The maximum atomic E-state index is 12.2. The van der Waals surface area contributed by atoms with E-state index >= 15 is 0 Å². The van der Waals surface area contributed by atoms with Crippen molar-refractivity contribution in [2.24, 2.45) is 10.9 Å². The molecule has 0 atom stereocenters. The number of para-hydroxylation sites is 1. The molecule has 0 aliphatic rings. The first-order valence-electron chi connectivity index (χ1n) is 8.98. The van der Waals surface area contributed by atoms with Crippen LogP contribution in [-0.2, 0) is 14.7 Å². The number of nitrogens with zero attached hydrogens (tertiary/aromatic N) is 2. The molecular formula is C21H21N3O4S. The Balaban J connectivity index is 1.57. The van der Waals surface area contributed by atoms with Crippen molar-refractivity contribution in [3.05, 3.63) is 84.6 Å². The van der Waals surface area contributed by atoms with Gasteiger partial charge in [-0.3, -0.25) is 0 Å². The zero-order valence-corrected chi connectivity index (χ0v) is 16.5. The van der Waals surface area contributed by atoms with Gasteiger partial charge in [-0.25, -0.2) is 13.4 Å². The molecule has 150 valence electrons. The van der Waals surface area contributed by atoms with Crippen molar-refractivity contribution in [1.29, 1.82) is 0 Å². The number of amidine groups is 1.